The minimum Gasteiger partial charge on any atom is -0.465 e. The molecule has 0 fully saturated rings. The third kappa shape index (κ3) is 4.77. The van der Waals surface area contributed by atoms with E-state index in [4.69, 9.17) is 9.26 Å². The molecule has 7 heteroatoms. The quantitative estimate of drug-likeness (QED) is 0.385. The van der Waals surface area contributed by atoms with Gasteiger partial charge in [-0.2, -0.15) is 0 Å². The van der Waals surface area contributed by atoms with Crippen molar-refractivity contribution in [2.45, 2.75) is 19.6 Å². The smallest absolute Gasteiger partial charge is 0.337 e. The zero-order valence-corrected chi connectivity index (χ0v) is 17.6. The first-order valence-electron chi connectivity index (χ1n) is 9.99. The molecule has 0 saturated carbocycles. The largest absolute Gasteiger partial charge is 0.465 e. The summed E-state index contributed by atoms with van der Waals surface area (Å²) in [6, 6.07) is 16.5. The van der Waals surface area contributed by atoms with Crippen molar-refractivity contribution in [1.29, 1.82) is 0 Å². The molecule has 0 radical (unpaired) electrons. The lowest BCUT2D eigenvalue weighted by atomic mass is 10.1. The van der Waals surface area contributed by atoms with Crippen LogP contribution in [-0.4, -0.2) is 32.9 Å². The van der Waals surface area contributed by atoms with Crippen molar-refractivity contribution in [3.63, 3.8) is 0 Å². The summed E-state index contributed by atoms with van der Waals surface area (Å²) in [6.45, 7) is 2.14. The molecule has 0 aliphatic carbocycles. The van der Waals surface area contributed by atoms with Crippen molar-refractivity contribution in [1.82, 2.24) is 14.7 Å². The number of aliphatic hydroxyl groups is 1. The summed E-state index contributed by atoms with van der Waals surface area (Å²) in [5.74, 6) is 7.05. The predicted molar refractivity (Wildman–Crippen MR) is 118 cm³/mol. The third-order valence-corrected chi connectivity index (χ3v) is 4.84. The summed E-state index contributed by atoms with van der Waals surface area (Å²) in [5.41, 5.74) is 3.77. The maximum Gasteiger partial charge on any atom is 0.337 e. The van der Waals surface area contributed by atoms with Crippen LogP contribution in [0.2, 0.25) is 0 Å². The molecule has 1 atom stereocenters. The molecule has 2 aromatic carbocycles. The predicted octanol–water partition coefficient (Wildman–Crippen LogP) is 3.83. The highest BCUT2D eigenvalue weighted by Crippen LogP contribution is 2.22. The Morgan fingerprint density at radius 2 is 1.78 bits per heavy atom. The Kier molecular flexibility index (Phi) is 6.15. The van der Waals surface area contributed by atoms with E-state index in [9.17, 15) is 9.90 Å². The van der Waals surface area contributed by atoms with E-state index in [1.54, 1.807) is 43.6 Å². The lowest BCUT2D eigenvalue weighted by molar-refractivity contribution is 0.0600. The number of hydrogen-bond acceptors (Lipinski definition) is 6. The molecular formula is C25H21N3O4. The number of imidazole rings is 1. The maximum atomic E-state index is 11.5. The van der Waals surface area contributed by atoms with Crippen molar-refractivity contribution in [3.05, 3.63) is 95.2 Å². The van der Waals surface area contributed by atoms with Gasteiger partial charge in [0.2, 0.25) is 0 Å². The Morgan fingerprint density at radius 3 is 2.41 bits per heavy atom. The van der Waals surface area contributed by atoms with Crippen LogP contribution in [0, 0.1) is 11.8 Å². The number of aliphatic hydroxyl groups excluding tert-OH is 1. The number of hydrogen-bond donors (Lipinski definition) is 1. The van der Waals surface area contributed by atoms with Gasteiger partial charge < -0.3 is 18.9 Å². The average molecular weight is 427 g/mol. The molecule has 4 aromatic rings. The van der Waals surface area contributed by atoms with Gasteiger partial charge in [-0.05, 0) is 55.5 Å². The average Bonchev–Trinajstić information content (AvgIpc) is 3.48. The molecule has 0 unspecified atom stereocenters. The SMILES string of the molecule is COC(=O)c1ccc(C#Cc2ccc(-c3cc(Cn4ccnc4[C@H](C)O)no3)cc2)cc1. The second-order valence-corrected chi connectivity index (χ2v) is 7.17. The van der Waals surface area contributed by atoms with Gasteiger partial charge in [0, 0.05) is 35.2 Å². The molecule has 0 amide bonds. The molecule has 0 aliphatic heterocycles. The number of aromatic nitrogens is 3. The van der Waals surface area contributed by atoms with Gasteiger partial charge in [-0.3, -0.25) is 0 Å². The second-order valence-electron chi connectivity index (χ2n) is 7.17. The zero-order valence-electron chi connectivity index (χ0n) is 17.6. The van der Waals surface area contributed by atoms with Crippen LogP contribution >= 0.6 is 0 Å². The van der Waals surface area contributed by atoms with Crippen LogP contribution in [0.4, 0.5) is 0 Å². The van der Waals surface area contributed by atoms with E-state index >= 15 is 0 Å². The molecule has 0 saturated heterocycles. The number of carbonyl (C=O) groups is 1. The van der Waals surface area contributed by atoms with Crippen molar-refractivity contribution in [2.24, 2.45) is 0 Å². The van der Waals surface area contributed by atoms with Gasteiger partial charge in [0.15, 0.2) is 5.76 Å². The molecule has 0 bridgehead atoms. The molecule has 4 rings (SSSR count). The number of nitrogens with zero attached hydrogens (tertiary/aromatic N) is 3. The lowest BCUT2D eigenvalue weighted by Gasteiger charge is -2.07. The Bertz CT molecular complexity index is 1270. The fourth-order valence-corrected chi connectivity index (χ4v) is 3.19. The molecule has 2 aromatic heterocycles. The summed E-state index contributed by atoms with van der Waals surface area (Å²) >= 11 is 0. The van der Waals surface area contributed by atoms with Gasteiger partial charge in [-0.15, -0.1) is 0 Å². The topological polar surface area (TPSA) is 90.4 Å². The van der Waals surface area contributed by atoms with Crippen LogP contribution in [0.1, 0.15) is 46.0 Å². The highest BCUT2D eigenvalue weighted by atomic mass is 16.5. The van der Waals surface area contributed by atoms with Gasteiger partial charge in [-0.1, -0.05) is 17.0 Å². The third-order valence-electron chi connectivity index (χ3n) is 4.84. The van der Waals surface area contributed by atoms with E-state index in [2.05, 4.69) is 22.0 Å². The molecule has 0 aliphatic rings. The Labute approximate surface area is 185 Å². The Hall–Kier alpha value is -4.15. The molecule has 2 heterocycles. The number of carbonyl (C=O) groups excluding carboxylic acids is 1. The fourth-order valence-electron chi connectivity index (χ4n) is 3.19. The van der Waals surface area contributed by atoms with Gasteiger partial charge >= 0.3 is 5.97 Å². The van der Waals surface area contributed by atoms with Crippen LogP contribution in [0.15, 0.2) is 71.5 Å². The molecular weight excluding hydrogens is 406 g/mol. The summed E-state index contributed by atoms with van der Waals surface area (Å²) in [7, 11) is 1.35. The van der Waals surface area contributed by atoms with Gasteiger partial charge in [0.1, 0.15) is 17.6 Å². The lowest BCUT2D eigenvalue weighted by Crippen LogP contribution is -2.07. The van der Waals surface area contributed by atoms with E-state index in [1.807, 2.05) is 34.9 Å². The monoisotopic (exact) mass is 427 g/mol. The Balaban J connectivity index is 1.44. The Morgan fingerprint density at radius 1 is 1.12 bits per heavy atom. The van der Waals surface area contributed by atoms with Crippen LogP contribution in [0.3, 0.4) is 0 Å². The van der Waals surface area contributed by atoms with Crippen LogP contribution in [0.5, 0.6) is 0 Å². The van der Waals surface area contributed by atoms with E-state index in [-0.39, 0.29) is 5.97 Å². The summed E-state index contributed by atoms with van der Waals surface area (Å²) in [6.07, 6.45) is 2.79. The van der Waals surface area contributed by atoms with Crippen LogP contribution in [-0.2, 0) is 11.3 Å². The summed E-state index contributed by atoms with van der Waals surface area (Å²) < 4.78 is 12.0. The summed E-state index contributed by atoms with van der Waals surface area (Å²) in [5, 5.41) is 13.9. The number of ether oxygens (including phenoxy) is 1. The molecule has 32 heavy (non-hydrogen) atoms. The summed E-state index contributed by atoms with van der Waals surface area (Å²) in [4.78, 5) is 15.7. The van der Waals surface area contributed by atoms with Gasteiger partial charge in [-0.25, -0.2) is 9.78 Å². The zero-order chi connectivity index (χ0) is 22.5. The van der Waals surface area contributed by atoms with Gasteiger partial charge in [0.25, 0.3) is 0 Å². The second kappa shape index (κ2) is 9.33. The van der Waals surface area contributed by atoms with Crippen LogP contribution < -0.4 is 0 Å². The molecule has 160 valence electrons. The number of methoxy groups -OCH3 is 1. The highest BCUT2D eigenvalue weighted by molar-refractivity contribution is 5.89. The number of esters is 1. The standard InChI is InChI=1S/C25H21N3O4/c1-17(29)24-26-13-14-28(24)16-22-15-23(32-27-22)20-9-5-18(6-10-20)3-4-19-7-11-21(12-8-19)25(30)31-2/h5-15,17,29H,16H2,1-2H3/t17-/m0/s1. The highest BCUT2D eigenvalue weighted by Gasteiger charge is 2.12. The van der Waals surface area contributed by atoms with E-state index in [1.165, 1.54) is 7.11 Å². The minimum absolute atomic E-state index is 0.371. The first kappa shape index (κ1) is 21.1. The van der Waals surface area contributed by atoms with E-state index in [0.717, 1.165) is 22.4 Å². The van der Waals surface area contributed by atoms with Gasteiger partial charge in [0.05, 0.1) is 19.2 Å². The van der Waals surface area contributed by atoms with Crippen molar-refractivity contribution < 1.29 is 19.2 Å². The minimum atomic E-state index is -0.657. The number of benzene rings is 2. The van der Waals surface area contributed by atoms with Crippen molar-refractivity contribution in [2.75, 3.05) is 7.11 Å². The first-order chi connectivity index (χ1) is 15.5. The number of rotatable bonds is 5. The van der Waals surface area contributed by atoms with E-state index < -0.39 is 6.10 Å². The molecule has 0 spiro atoms. The van der Waals surface area contributed by atoms with E-state index in [0.29, 0.717) is 23.7 Å². The molecule has 1 N–H and O–H groups in total. The first-order valence-corrected chi connectivity index (χ1v) is 9.99. The van der Waals surface area contributed by atoms with Crippen molar-refractivity contribution in [3.8, 4) is 23.2 Å². The van der Waals surface area contributed by atoms with Crippen LogP contribution in [0.25, 0.3) is 11.3 Å². The maximum absolute atomic E-state index is 11.5. The normalized spacial score (nSPS) is 11.5. The fraction of sp³-hybridized carbons (Fsp3) is 0.160. The molecule has 7 nitrogen and oxygen atoms in total. The van der Waals surface area contributed by atoms with Crippen molar-refractivity contribution >= 4 is 5.97 Å².